The highest BCUT2D eigenvalue weighted by Crippen LogP contribution is 2.25. The predicted octanol–water partition coefficient (Wildman–Crippen LogP) is 4.02. The van der Waals surface area contributed by atoms with Gasteiger partial charge in [-0.3, -0.25) is 4.79 Å². The molecule has 1 heterocycles. The molecule has 0 saturated carbocycles. The molecule has 5 heteroatoms. The summed E-state index contributed by atoms with van der Waals surface area (Å²) in [5.74, 6) is -0.178. The Hall–Kier alpha value is -1.52. The van der Waals surface area contributed by atoms with Crippen LogP contribution in [0.5, 0.6) is 0 Å². The lowest BCUT2D eigenvalue weighted by molar-refractivity contribution is 0.102. The summed E-state index contributed by atoms with van der Waals surface area (Å²) in [6.45, 7) is 1.88. The number of hydrogen-bond acceptors (Lipinski definition) is 3. The van der Waals surface area contributed by atoms with Crippen molar-refractivity contribution in [2.45, 2.75) is 11.8 Å². The van der Waals surface area contributed by atoms with Crippen LogP contribution < -0.4 is 5.32 Å². The molecule has 19 heavy (non-hydrogen) atoms. The van der Waals surface area contributed by atoms with Crippen LogP contribution in [0.3, 0.4) is 0 Å². The maximum Gasteiger partial charge on any atom is 0.256 e. The van der Waals surface area contributed by atoms with Gasteiger partial charge in [-0.25, -0.2) is 4.98 Å². The Kier molecular flexibility index (Phi) is 4.45. The van der Waals surface area contributed by atoms with E-state index in [0.29, 0.717) is 16.4 Å². The van der Waals surface area contributed by atoms with Crippen molar-refractivity contribution in [2.75, 3.05) is 11.6 Å². The van der Waals surface area contributed by atoms with E-state index >= 15 is 0 Å². The molecule has 3 nitrogen and oxygen atoms in total. The number of amides is 1. The van der Waals surface area contributed by atoms with Crippen molar-refractivity contribution >= 4 is 35.0 Å². The predicted molar refractivity (Wildman–Crippen MR) is 80.2 cm³/mol. The van der Waals surface area contributed by atoms with Crippen LogP contribution in [0.2, 0.25) is 5.15 Å². The minimum Gasteiger partial charge on any atom is -0.319 e. The number of pyridine rings is 1. The number of thioether (sulfide) groups is 1. The average Bonchev–Trinajstić information content (AvgIpc) is 2.42. The van der Waals surface area contributed by atoms with Crippen molar-refractivity contribution < 1.29 is 4.79 Å². The first-order chi connectivity index (χ1) is 9.13. The molecule has 98 valence electrons. The zero-order valence-electron chi connectivity index (χ0n) is 10.6. The molecule has 1 amide bonds. The van der Waals surface area contributed by atoms with Gasteiger partial charge >= 0.3 is 0 Å². The molecule has 2 aromatic rings. The molecule has 0 atom stereocenters. The first-order valence-corrected chi connectivity index (χ1v) is 7.29. The highest BCUT2D eigenvalue weighted by molar-refractivity contribution is 7.98. The molecule has 2 rings (SSSR count). The number of aryl methyl sites for hydroxylation is 1. The van der Waals surface area contributed by atoms with Gasteiger partial charge in [0.05, 0.1) is 11.3 Å². The number of halogens is 1. The number of nitrogens with one attached hydrogen (secondary N) is 1. The Labute approximate surface area is 121 Å². The average molecular weight is 293 g/mol. The second-order valence-electron chi connectivity index (χ2n) is 3.95. The van der Waals surface area contributed by atoms with Gasteiger partial charge < -0.3 is 5.32 Å². The number of aromatic nitrogens is 1. The lowest BCUT2D eigenvalue weighted by Gasteiger charge is -2.11. The van der Waals surface area contributed by atoms with Crippen LogP contribution in [0.15, 0.2) is 41.4 Å². The van der Waals surface area contributed by atoms with Crippen LogP contribution in [0, 0.1) is 6.92 Å². The number of hydrogen-bond donors (Lipinski definition) is 1. The Morgan fingerprint density at radius 3 is 2.74 bits per heavy atom. The third kappa shape index (κ3) is 3.08. The largest absolute Gasteiger partial charge is 0.319 e. The Balaban J connectivity index is 2.31. The summed E-state index contributed by atoms with van der Waals surface area (Å²) in [6, 6.07) is 9.26. The molecule has 0 radical (unpaired) electrons. The second kappa shape index (κ2) is 6.08. The third-order valence-electron chi connectivity index (χ3n) is 2.70. The molecular weight excluding hydrogens is 280 g/mol. The summed E-state index contributed by atoms with van der Waals surface area (Å²) in [5, 5.41) is 3.12. The summed E-state index contributed by atoms with van der Waals surface area (Å²) in [6.07, 6.45) is 3.55. The van der Waals surface area contributed by atoms with Crippen molar-refractivity contribution in [3.63, 3.8) is 0 Å². The fourth-order valence-electron chi connectivity index (χ4n) is 1.69. The summed E-state index contributed by atoms with van der Waals surface area (Å²) < 4.78 is 0. The van der Waals surface area contributed by atoms with Crippen LogP contribution >= 0.6 is 23.4 Å². The number of carbonyl (C=O) groups is 1. The van der Waals surface area contributed by atoms with Gasteiger partial charge in [-0.2, -0.15) is 0 Å². The topological polar surface area (TPSA) is 42.0 Å². The van der Waals surface area contributed by atoms with E-state index in [1.165, 1.54) is 11.8 Å². The zero-order valence-corrected chi connectivity index (χ0v) is 12.2. The van der Waals surface area contributed by atoms with Gasteiger partial charge in [0, 0.05) is 11.1 Å². The van der Waals surface area contributed by atoms with E-state index in [4.69, 9.17) is 11.6 Å². The lowest BCUT2D eigenvalue weighted by atomic mass is 10.2. The maximum absolute atomic E-state index is 12.3. The molecular formula is C14H13ClN2OS. The number of rotatable bonds is 3. The van der Waals surface area contributed by atoms with Crippen molar-refractivity contribution in [1.82, 2.24) is 4.98 Å². The Bertz CT molecular complexity index is 596. The maximum atomic E-state index is 12.3. The van der Waals surface area contributed by atoms with Crippen LogP contribution in [0.4, 0.5) is 5.69 Å². The van der Waals surface area contributed by atoms with E-state index in [1.807, 2.05) is 37.4 Å². The van der Waals surface area contributed by atoms with Gasteiger partial charge in [-0.1, -0.05) is 23.7 Å². The summed E-state index contributed by atoms with van der Waals surface area (Å²) in [4.78, 5) is 17.2. The van der Waals surface area contributed by atoms with Gasteiger partial charge in [-0.15, -0.1) is 11.8 Å². The first kappa shape index (κ1) is 13.9. The van der Waals surface area contributed by atoms with E-state index in [2.05, 4.69) is 10.3 Å². The third-order valence-corrected chi connectivity index (χ3v) is 3.79. The normalized spacial score (nSPS) is 10.3. The number of benzene rings is 1. The molecule has 0 saturated heterocycles. The van der Waals surface area contributed by atoms with E-state index in [-0.39, 0.29) is 5.91 Å². The molecule has 1 aromatic carbocycles. The molecule has 0 aliphatic heterocycles. The fraction of sp³-hybridized carbons (Fsp3) is 0.143. The summed E-state index contributed by atoms with van der Waals surface area (Å²) in [5.41, 5.74) is 2.08. The van der Waals surface area contributed by atoms with Crippen molar-refractivity contribution in [3.8, 4) is 0 Å². The van der Waals surface area contributed by atoms with E-state index in [0.717, 1.165) is 10.5 Å². The molecule has 1 aromatic heterocycles. The van der Waals surface area contributed by atoms with E-state index < -0.39 is 0 Å². The monoisotopic (exact) mass is 292 g/mol. The van der Waals surface area contributed by atoms with Gasteiger partial charge in [0.2, 0.25) is 0 Å². The number of nitrogens with zero attached hydrogens (tertiary/aromatic N) is 1. The summed E-state index contributed by atoms with van der Waals surface area (Å²) >= 11 is 7.54. The fourth-order valence-corrected chi connectivity index (χ4v) is 2.54. The molecule has 0 aliphatic rings. The van der Waals surface area contributed by atoms with E-state index in [9.17, 15) is 4.79 Å². The molecule has 0 spiro atoms. The summed E-state index contributed by atoms with van der Waals surface area (Å²) in [7, 11) is 0. The molecule has 0 fully saturated rings. The van der Waals surface area contributed by atoms with Gasteiger partial charge in [0.1, 0.15) is 0 Å². The highest BCUT2D eigenvalue weighted by Gasteiger charge is 2.13. The quantitative estimate of drug-likeness (QED) is 0.686. The molecule has 1 N–H and O–H groups in total. The van der Waals surface area contributed by atoms with Gasteiger partial charge in [0.15, 0.2) is 5.15 Å². The Morgan fingerprint density at radius 2 is 2.05 bits per heavy atom. The van der Waals surface area contributed by atoms with Crippen molar-refractivity contribution in [3.05, 3.63) is 52.8 Å². The molecule has 0 unspecified atom stereocenters. The van der Waals surface area contributed by atoms with Crippen molar-refractivity contribution in [2.24, 2.45) is 0 Å². The zero-order chi connectivity index (χ0) is 13.8. The van der Waals surface area contributed by atoms with Crippen LogP contribution in [0.1, 0.15) is 15.9 Å². The van der Waals surface area contributed by atoms with Crippen LogP contribution in [-0.2, 0) is 0 Å². The van der Waals surface area contributed by atoms with Crippen LogP contribution in [-0.4, -0.2) is 17.1 Å². The SMILES string of the molecule is CSc1ccccc1C(=O)Nc1c(C)ccnc1Cl. The van der Waals surface area contributed by atoms with Crippen LogP contribution in [0.25, 0.3) is 0 Å². The van der Waals surface area contributed by atoms with E-state index in [1.54, 1.807) is 12.3 Å². The lowest BCUT2D eigenvalue weighted by Crippen LogP contribution is -2.14. The standard InChI is InChI=1S/C14H13ClN2OS/c1-9-7-8-16-13(15)12(9)17-14(18)10-5-3-4-6-11(10)19-2/h3-8H,1-2H3,(H,17,18). The van der Waals surface area contributed by atoms with Gasteiger partial charge in [0.25, 0.3) is 5.91 Å². The second-order valence-corrected chi connectivity index (χ2v) is 5.15. The first-order valence-electron chi connectivity index (χ1n) is 5.69. The smallest absolute Gasteiger partial charge is 0.256 e. The highest BCUT2D eigenvalue weighted by atomic mass is 35.5. The van der Waals surface area contributed by atoms with Gasteiger partial charge in [-0.05, 0) is 36.9 Å². The minimum atomic E-state index is -0.178. The Morgan fingerprint density at radius 1 is 1.32 bits per heavy atom. The molecule has 0 bridgehead atoms. The number of carbonyl (C=O) groups excluding carboxylic acids is 1. The van der Waals surface area contributed by atoms with Crippen molar-refractivity contribution in [1.29, 1.82) is 0 Å². The minimum absolute atomic E-state index is 0.178. The molecule has 0 aliphatic carbocycles. The number of anilines is 1.